The minimum Gasteiger partial charge on any atom is -0.278 e. The summed E-state index contributed by atoms with van der Waals surface area (Å²) in [4.78, 5) is 8.84. The Bertz CT molecular complexity index is 469. The molecule has 2 aromatic rings. The smallest absolute Gasteiger partial charge is 0.214 e. The van der Waals surface area contributed by atoms with E-state index in [1.807, 2.05) is 17.0 Å². The highest BCUT2D eigenvalue weighted by Gasteiger charge is 2.28. The molecule has 4 nitrogen and oxygen atoms in total. The molecule has 1 aliphatic carbocycles. The molecule has 78 valence electrons. The second-order valence-corrected chi connectivity index (χ2v) is 4.51. The number of imidazole rings is 1. The average molecular weight is 220 g/mol. The van der Waals surface area contributed by atoms with Gasteiger partial charge < -0.3 is 0 Å². The van der Waals surface area contributed by atoms with Crippen molar-refractivity contribution in [1.82, 2.24) is 18.9 Å². The quantitative estimate of drug-likeness (QED) is 0.796. The molecular weight excluding hydrogens is 208 g/mol. The molecule has 2 aromatic heterocycles. The monoisotopic (exact) mass is 220 g/mol. The third-order valence-electron chi connectivity index (χ3n) is 2.61. The first-order valence-electron chi connectivity index (χ1n) is 5.24. The second-order valence-electron chi connectivity index (χ2n) is 3.78. The molecule has 5 heteroatoms. The first kappa shape index (κ1) is 9.03. The molecule has 0 aromatic carbocycles. The first-order chi connectivity index (χ1) is 7.38. The molecule has 15 heavy (non-hydrogen) atoms. The topological polar surface area (TPSA) is 43.6 Å². The minimum absolute atomic E-state index is 0.628. The predicted octanol–water partition coefficient (Wildman–Crippen LogP) is 2.16. The van der Waals surface area contributed by atoms with E-state index < -0.39 is 0 Å². The fourth-order valence-corrected chi connectivity index (χ4v) is 2.36. The summed E-state index contributed by atoms with van der Waals surface area (Å²) in [5, 5.41) is 0.950. The molecule has 0 N–H and O–H groups in total. The van der Waals surface area contributed by atoms with Gasteiger partial charge >= 0.3 is 0 Å². The standard InChI is InChI=1S/C10H12N4S/c1-2-8-11-5-6-14(8)10-12-9(13-15-10)7-3-4-7/h5-7H,2-4H2,1H3. The molecule has 1 fully saturated rings. The van der Waals surface area contributed by atoms with E-state index in [9.17, 15) is 0 Å². The molecule has 3 rings (SSSR count). The predicted molar refractivity (Wildman–Crippen MR) is 58.4 cm³/mol. The van der Waals surface area contributed by atoms with E-state index in [-0.39, 0.29) is 0 Å². The summed E-state index contributed by atoms with van der Waals surface area (Å²) in [6, 6.07) is 0. The summed E-state index contributed by atoms with van der Waals surface area (Å²) in [6.45, 7) is 2.10. The molecule has 0 amide bonds. The Morgan fingerprint density at radius 1 is 1.53 bits per heavy atom. The van der Waals surface area contributed by atoms with Crippen LogP contribution in [0.15, 0.2) is 12.4 Å². The number of hydrogen-bond acceptors (Lipinski definition) is 4. The Morgan fingerprint density at radius 3 is 3.13 bits per heavy atom. The van der Waals surface area contributed by atoms with Crippen LogP contribution in [-0.2, 0) is 6.42 Å². The van der Waals surface area contributed by atoms with Crippen LogP contribution in [0, 0.1) is 0 Å². The normalized spacial score (nSPS) is 15.8. The Labute approximate surface area is 92.2 Å². The van der Waals surface area contributed by atoms with Crippen molar-refractivity contribution in [1.29, 1.82) is 0 Å². The highest BCUT2D eigenvalue weighted by Crippen LogP contribution is 2.39. The van der Waals surface area contributed by atoms with E-state index in [0.29, 0.717) is 5.92 Å². The third kappa shape index (κ3) is 1.56. The van der Waals surface area contributed by atoms with Crippen LogP contribution in [0.5, 0.6) is 0 Å². The van der Waals surface area contributed by atoms with E-state index in [1.165, 1.54) is 24.4 Å². The van der Waals surface area contributed by atoms with Gasteiger partial charge in [0.05, 0.1) is 0 Å². The third-order valence-corrected chi connectivity index (χ3v) is 3.34. The average Bonchev–Trinajstić information content (AvgIpc) is 2.83. The molecule has 0 spiro atoms. The van der Waals surface area contributed by atoms with Crippen LogP contribution in [0.3, 0.4) is 0 Å². The zero-order valence-electron chi connectivity index (χ0n) is 8.55. The molecule has 2 heterocycles. The van der Waals surface area contributed by atoms with E-state index in [0.717, 1.165) is 23.2 Å². The van der Waals surface area contributed by atoms with Gasteiger partial charge in [-0.25, -0.2) is 9.97 Å². The number of aromatic nitrogens is 4. The van der Waals surface area contributed by atoms with Gasteiger partial charge in [-0.3, -0.25) is 4.57 Å². The Morgan fingerprint density at radius 2 is 2.40 bits per heavy atom. The number of nitrogens with zero attached hydrogens (tertiary/aromatic N) is 4. The largest absolute Gasteiger partial charge is 0.278 e. The molecule has 1 aliphatic rings. The van der Waals surface area contributed by atoms with Crippen LogP contribution in [0.4, 0.5) is 0 Å². The minimum atomic E-state index is 0.628. The van der Waals surface area contributed by atoms with E-state index in [2.05, 4.69) is 21.3 Å². The van der Waals surface area contributed by atoms with Gasteiger partial charge in [-0.2, -0.15) is 4.37 Å². The lowest BCUT2D eigenvalue weighted by Gasteiger charge is -1.99. The van der Waals surface area contributed by atoms with Crippen LogP contribution < -0.4 is 0 Å². The van der Waals surface area contributed by atoms with Crippen LogP contribution in [0.1, 0.15) is 37.3 Å². The zero-order chi connectivity index (χ0) is 10.3. The lowest BCUT2D eigenvalue weighted by atomic mass is 10.4. The van der Waals surface area contributed by atoms with E-state index in [4.69, 9.17) is 0 Å². The van der Waals surface area contributed by atoms with Crippen LogP contribution >= 0.6 is 11.5 Å². The van der Waals surface area contributed by atoms with Crippen molar-refractivity contribution < 1.29 is 0 Å². The van der Waals surface area contributed by atoms with Gasteiger partial charge in [0.1, 0.15) is 11.6 Å². The maximum Gasteiger partial charge on any atom is 0.214 e. The second kappa shape index (κ2) is 3.41. The Kier molecular flexibility index (Phi) is 2.05. The van der Waals surface area contributed by atoms with E-state index >= 15 is 0 Å². The van der Waals surface area contributed by atoms with Gasteiger partial charge in [-0.05, 0) is 12.8 Å². The summed E-state index contributed by atoms with van der Waals surface area (Å²) in [7, 11) is 0. The zero-order valence-corrected chi connectivity index (χ0v) is 9.37. The van der Waals surface area contributed by atoms with Gasteiger partial charge in [0.15, 0.2) is 0 Å². The summed E-state index contributed by atoms with van der Waals surface area (Å²) < 4.78 is 6.42. The molecule has 0 bridgehead atoms. The maximum absolute atomic E-state index is 4.55. The lowest BCUT2D eigenvalue weighted by Crippen LogP contribution is -1.98. The molecule has 0 atom stereocenters. The molecule has 1 saturated carbocycles. The summed E-state index contributed by atoms with van der Waals surface area (Å²) in [5.74, 6) is 2.70. The highest BCUT2D eigenvalue weighted by atomic mass is 32.1. The van der Waals surface area contributed by atoms with E-state index in [1.54, 1.807) is 0 Å². The maximum atomic E-state index is 4.55. The van der Waals surface area contributed by atoms with Gasteiger partial charge in [-0.1, -0.05) is 6.92 Å². The molecule has 0 unspecified atom stereocenters. The van der Waals surface area contributed by atoms with Crippen LogP contribution in [0.25, 0.3) is 5.13 Å². The van der Waals surface area contributed by atoms with Crippen molar-refractivity contribution in [3.63, 3.8) is 0 Å². The molecular formula is C10H12N4S. The van der Waals surface area contributed by atoms with Gasteiger partial charge in [0, 0.05) is 36.3 Å². The number of hydrogen-bond donors (Lipinski definition) is 0. The first-order valence-corrected chi connectivity index (χ1v) is 6.02. The van der Waals surface area contributed by atoms with Crippen molar-refractivity contribution in [2.75, 3.05) is 0 Å². The number of aryl methyl sites for hydroxylation is 1. The van der Waals surface area contributed by atoms with Crippen LogP contribution in [-0.4, -0.2) is 18.9 Å². The van der Waals surface area contributed by atoms with Gasteiger partial charge in [0.25, 0.3) is 0 Å². The fourth-order valence-electron chi connectivity index (χ4n) is 1.60. The summed E-state index contributed by atoms with van der Waals surface area (Å²) >= 11 is 1.47. The molecule has 0 aliphatic heterocycles. The van der Waals surface area contributed by atoms with Gasteiger partial charge in [0.2, 0.25) is 5.13 Å². The Balaban J connectivity index is 1.97. The van der Waals surface area contributed by atoms with Crippen molar-refractivity contribution >= 4 is 11.5 Å². The summed E-state index contributed by atoms with van der Waals surface area (Å²) in [6.07, 6.45) is 7.19. The lowest BCUT2D eigenvalue weighted by molar-refractivity contribution is 0.869. The van der Waals surface area contributed by atoms with Crippen molar-refractivity contribution in [3.8, 4) is 5.13 Å². The Hall–Kier alpha value is -1.23. The highest BCUT2D eigenvalue weighted by molar-refractivity contribution is 7.08. The molecule has 0 radical (unpaired) electrons. The number of rotatable bonds is 3. The SMILES string of the molecule is CCc1nccn1-c1nc(C2CC2)ns1. The van der Waals surface area contributed by atoms with Crippen molar-refractivity contribution in [2.45, 2.75) is 32.1 Å². The van der Waals surface area contributed by atoms with Crippen molar-refractivity contribution in [2.24, 2.45) is 0 Å². The van der Waals surface area contributed by atoms with Crippen molar-refractivity contribution in [3.05, 3.63) is 24.0 Å². The van der Waals surface area contributed by atoms with Gasteiger partial charge in [-0.15, -0.1) is 0 Å². The fraction of sp³-hybridized carbons (Fsp3) is 0.500. The molecule has 0 saturated heterocycles. The summed E-state index contributed by atoms with van der Waals surface area (Å²) in [5.41, 5.74) is 0. The van der Waals surface area contributed by atoms with Crippen LogP contribution in [0.2, 0.25) is 0 Å².